The van der Waals surface area contributed by atoms with Crippen LogP contribution in [0.3, 0.4) is 0 Å². The highest BCUT2D eigenvalue weighted by Gasteiger charge is 2.30. The van der Waals surface area contributed by atoms with E-state index in [0.717, 1.165) is 55.8 Å². The van der Waals surface area contributed by atoms with Crippen molar-refractivity contribution in [1.29, 1.82) is 0 Å². The summed E-state index contributed by atoms with van der Waals surface area (Å²) in [6, 6.07) is 116. The van der Waals surface area contributed by atoms with E-state index in [1.165, 1.54) is 88.2 Å². The molecule has 0 radical (unpaired) electrons. The first kappa shape index (κ1) is 46.7. The second-order valence-corrected chi connectivity index (χ2v) is 20.6. The van der Waals surface area contributed by atoms with Crippen LogP contribution in [-0.2, 0) is 0 Å². The first-order valence-electron chi connectivity index (χ1n) is 27.6. The summed E-state index contributed by atoms with van der Waals surface area (Å²) in [5.41, 5.74) is 25.4. The molecule has 0 spiro atoms. The maximum absolute atomic E-state index is 2.61. The van der Waals surface area contributed by atoms with Gasteiger partial charge in [0.2, 0.25) is 0 Å². The van der Waals surface area contributed by atoms with Gasteiger partial charge in [0.15, 0.2) is 0 Å². The monoisotopic (exact) mass is 1020 g/mol. The van der Waals surface area contributed by atoms with Crippen molar-refractivity contribution in [2.45, 2.75) is 0 Å². The molecule has 15 rings (SSSR count). The molecule has 0 atom stereocenters. The summed E-state index contributed by atoms with van der Waals surface area (Å²) >= 11 is 0. The van der Waals surface area contributed by atoms with Crippen molar-refractivity contribution in [2.24, 2.45) is 0 Å². The summed E-state index contributed by atoms with van der Waals surface area (Å²) in [7, 11) is 0. The van der Waals surface area contributed by atoms with Gasteiger partial charge in [0.1, 0.15) is 0 Å². The topological polar surface area (TPSA) is 9.86 Å². The molecule has 374 valence electrons. The first-order valence-corrected chi connectivity index (χ1v) is 27.6. The van der Waals surface area contributed by atoms with Crippen LogP contribution in [0.2, 0.25) is 0 Å². The van der Waals surface area contributed by atoms with Gasteiger partial charge in [-0.05, 0) is 109 Å². The quantitative estimate of drug-likeness (QED) is 0.129. The molecule has 0 aliphatic heterocycles. The number of para-hydroxylation sites is 4. The maximum Gasteiger partial charge on any atom is 0.0626 e. The highest BCUT2D eigenvalue weighted by atomic mass is 15.0. The van der Waals surface area contributed by atoms with Crippen LogP contribution < -0.4 is 0 Å². The zero-order valence-electron chi connectivity index (χ0n) is 43.9. The van der Waals surface area contributed by atoms with E-state index in [0.29, 0.717) is 0 Å². The minimum Gasteiger partial charge on any atom is -0.309 e. The van der Waals surface area contributed by atoms with Gasteiger partial charge in [-0.15, -0.1) is 0 Å². The van der Waals surface area contributed by atoms with E-state index in [9.17, 15) is 0 Å². The van der Waals surface area contributed by atoms with Crippen LogP contribution in [0.5, 0.6) is 0 Å². The molecule has 0 N–H and O–H groups in total. The molecule has 0 fully saturated rings. The number of hydrogen-bond acceptors (Lipinski definition) is 0. The van der Waals surface area contributed by atoms with Crippen LogP contribution in [0.25, 0.3) is 144 Å². The third kappa shape index (κ3) is 7.72. The molecule has 2 aromatic heterocycles. The van der Waals surface area contributed by atoms with Gasteiger partial charge in [-0.1, -0.05) is 279 Å². The average molecular weight is 1020 g/mol. The molecule has 0 unspecified atom stereocenters. The maximum atomic E-state index is 2.61. The van der Waals surface area contributed by atoms with Crippen molar-refractivity contribution in [2.75, 3.05) is 0 Å². The normalized spacial score (nSPS) is 11.5. The van der Waals surface area contributed by atoms with Crippen LogP contribution in [-0.4, -0.2) is 9.13 Å². The van der Waals surface area contributed by atoms with Gasteiger partial charge in [-0.25, -0.2) is 0 Å². The van der Waals surface area contributed by atoms with Crippen molar-refractivity contribution in [3.63, 3.8) is 0 Å². The molecule has 80 heavy (non-hydrogen) atoms. The molecule has 0 aliphatic rings. The summed E-state index contributed by atoms with van der Waals surface area (Å²) in [6.45, 7) is 0. The van der Waals surface area contributed by atoms with Crippen molar-refractivity contribution in [1.82, 2.24) is 9.13 Å². The third-order valence-electron chi connectivity index (χ3n) is 16.2. The van der Waals surface area contributed by atoms with Crippen LogP contribution in [0.1, 0.15) is 0 Å². The Bertz CT molecular complexity index is 4730. The molecule has 0 amide bonds. The van der Waals surface area contributed by atoms with Gasteiger partial charge in [0, 0.05) is 38.2 Å². The van der Waals surface area contributed by atoms with E-state index in [4.69, 9.17) is 0 Å². The largest absolute Gasteiger partial charge is 0.309 e. The predicted octanol–water partition coefficient (Wildman–Crippen LogP) is 21.2. The summed E-state index contributed by atoms with van der Waals surface area (Å²) < 4.78 is 5.08. The SMILES string of the molecule is c1ccc(-c2ccccc2-c2ccc3c(c2-c2ccccc2)c2c(-c4ccccc4)c(-c4ccccc4-c4ccccc4)cc(-c4ccccc4)c2n3-c2ccccc2-c2ccccc2-n2c3ccccc3c3ccccc32)cc1. The lowest BCUT2D eigenvalue weighted by atomic mass is 9.82. The van der Waals surface area contributed by atoms with Crippen molar-refractivity contribution < 1.29 is 0 Å². The van der Waals surface area contributed by atoms with Gasteiger partial charge in [0.25, 0.3) is 0 Å². The van der Waals surface area contributed by atoms with E-state index in [1.807, 2.05) is 0 Å². The number of nitrogens with zero attached hydrogens (tertiary/aromatic N) is 2. The van der Waals surface area contributed by atoms with E-state index >= 15 is 0 Å². The molecule has 0 bridgehead atoms. The zero-order valence-corrected chi connectivity index (χ0v) is 43.9. The van der Waals surface area contributed by atoms with Crippen molar-refractivity contribution in [3.05, 3.63) is 315 Å². The van der Waals surface area contributed by atoms with E-state index in [-0.39, 0.29) is 0 Å². The lowest BCUT2D eigenvalue weighted by Gasteiger charge is -2.21. The van der Waals surface area contributed by atoms with Crippen LogP contribution in [0, 0.1) is 0 Å². The summed E-state index contributed by atoms with van der Waals surface area (Å²) in [5, 5.41) is 4.84. The van der Waals surface area contributed by atoms with Crippen molar-refractivity contribution >= 4 is 43.6 Å². The molecule has 0 saturated heterocycles. The fourth-order valence-corrected chi connectivity index (χ4v) is 12.8. The highest BCUT2D eigenvalue weighted by molar-refractivity contribution is 6.28. The molecule has 2 heteroatoms. The Morgan fingerprint density at radius 2 is 0.537 bits per heavy atom. The predicted molar refractivity (Wildman–Crippen MR) is 339 cm³/mol. The zero-order chi connectivity index (χ0) is 52.9. The number of rotatable bonds is 10. The first-order chi connectivity index (χ1) is 39.8. The number of fused-ring (bicyclic) bond motifs is 6. The molecule has 13 aromatic carbocycles. The van der Waals surface area contributed by atoms with Gasteiger partial charge < -0.3 is 9.13 Å². The van der Waals surface area contributed by atoms with Crippen molar-refractivity contribution in [3.8, 4) is 100 Å². The highest BCUT2D eigenvalue weighted by Crippen LogP contribution is 2.54. The summed E-state index contributed by atoms with van der Waals surface area (Å²) in [4.78, 5) is 0. The molecular formula is C78H52N2. The summed E-state index contributed by atoms with van der Waals surface area (Å²) in [5.74, 6) is 0. The molecule has 2 nitrogen and oxygen atoms in total. The van der Waals surface area contributed by atoms with Crippen LogP contribution in [0.4, 0.5) is 0 Å². The second kappa shape index (κ2) is 19.8. The van der Waals surface area contributed by atoms with Gasteiger partial charge in [-0.3, -0.25) is 0 Å². The Labute approximate surface area is 466 Å². The molecule has 0 saturated carbocycles. The Balaban J connectivity index is 1.16. The van der Waals surface area contributed by atoms with Crippen LogP contribution in [0.15, 0.2) is 315 Å². The Morgan fingerprint density at radius 1 is 0.188 bits per heavy atom. The van der Waals surface area contributed by atoms with Crippen LogP contribution >= 0.6 is 0 Å². The van der Waals surface area contributed by atoms with E-state index in [1.54, 1.807) is 0 Å². The third-order valence-corrected chi connectivity index (χ3v) is 16.2. The van der Waals surface area contributed by atoms with Gasteiger partial charge in [-0.2, -0.15) is 0 Å². The number of aromatic nitrogens is 2. The molecule has 15 aromatic rings. The second-order valence-electron chi connectivity index (χ2n) is 20.6. The van der Waals surface area contributed by atoms with Gasteiger partial charge in [0.05, 0.1) is 33.4 Å². The summed E-state index contributed by atoms with van der Waals surface area (Å²) in [6.07, 6.45) is 0. The average Bonchev–Trinajstić information content (AvgIpc) is 4.14. The minimum absolute atomic E-state index is 1.09. The Hall–Kier alpha value is -10.5. The van der Waals surface area contributed by atoms with E-state index < -0.39 is 0 Å². The lowest BCUT2D eigenvalue weighted by molar-refractivity contribution is 1.16. The Morgan fingerprint density at radius 3 is 1.02 bits per heavy atom. The molecule has 2 heterocycles. The fourth-order valence-electron chi connectivity index (χ4n) is 12.8. The smallest absolute Gasteiger partial charge is 0.0626 e. The number of hydrogen-bond donors (Lipinski definition) is 0. The number of benzene rings is 13. The Kier molecular flexibility index (Phi) is 11.6. The standard InChI is InChI=1S/C78H52N2/c1-6-28-53(29-7-1)58-38-16-18-40-60(58)66-50-51-73-76(74(66)56-34-12-4-13-35-56)77-75(57-36-14-5-15-37-57)68(61-41-19-17-39-59(61)54-30-8-2-9-31-54)52-67(55-32-10-3-11-33-55)78(77)80(73)72-49-27-23-45-65(72)64-44-22-26-48-71(64)79-69-46-24-20-42-62(69)63-43-21-25-47-70(63)79/h1-52H. The molecular weight excluding hydrogens is 965 g/mol. The minimum atomic E-state index is 1.09. The van der Waals surface area contributed by atoms with E-state index in [2.05, 4.69) is 325 Å². The fraction of sp³-hybridized carbons (Fsp3) is 0. The lowest BCUT2D eigenvalue weighted by Crippen LogP contribution is -2.02. The molecule has 0 aliphatic carbocycles. The van der Waals surface area contributed by atoms with Gasteiger partial charge >= 0.3 is 0 Å².